The molecule has 2 atom stereocenters. The van der Waals surface area contributed by atoms with Gasteiger partial charge in [-0.15, -0.1) is 11.3 Å². The van der Waals surface area contributed by atoms with Gasteiger partial charge in [-0.2, -0.15) is 0 Å². The van der Waals surface area contributed by atoms with Gasteiger partial charge in [0.15, 0.2) is 0 Å². The molecule has 0 amide bonds. The maximum absolute atomic E-state index is 13.1. The fourth-order valence-corrected chi connectivity index (χ4v) is 4.75. The number of thiazole rings is 1. The number of ketones is 1. The maximum Gasteiger partial charge on any atom is 0.336 e. The Kier molecular flexibility index (Phi) is 6.42. The molecule has 0 bridgehead atoms. The lowest BCUT2D eigenvalue weighted by molar-refractivity contribution is -0.139. The van der Waals surface area contributed by atoms with Crippen molar-refractivity contribution in [3.63, 3.8) is 0 Å². The number of carbonyl (C=O) groups is 2. The van der Waals surface area contributed by atoms with Gasteiger partial charge in [0.25, 0.3) is 0 Å². The second kappa shape index (κ2) is 8.63. The van der Waals surface area contributed by atoms with Crippen LogP contribution < -0.4 is 5.73 Å². The highest BCUT2D eigenvalue weighted by Crippen LogP contribution is 2.47. The number of carbonyl (C=O) groups excluding carboxylic acids is 2. The summed E-state index contributed by atoms with van der Waals surface area (Å²) in [5, 5.41) is 2.58. The number of hydrogen-bond donors (Lipinski definition) is 1. The Labute approximate surface area is 169 Å². The number of hydrogen-bond acceptors (Lipinski definition) is 8. The molecule has 1 aliphatic heterocycles. The van der Waals surface area contributed by atoms with E-state index >= 15 is 0 Å². The third-order valence-corrected chi connectivity index (χ3v) is 5.82. The Balaban J connectivity index is 2.13. The smallest absolute Gasteiger partial charge is 0.336 e. The minimum Gasteiger partial charge on any atom is -0.463 e. The second-order valence-corrected chi connectivity index (χ2v) is 8.76. The molecule has 7 nitrogen and oxygen atoms in total. The highest BCUT2D eigenvalue weighted by atomic mass is 32.1. The molecule has 2 unspecified atom stereocenters. The molecule has 28 heavy (non-hydrogen) atoms. The Hall–Kier alpha value is -1.90. The summed E-state index contributed by atoms with van der Waals surface area (Å²) in [5.41, 5.74) is 7.08. The molecule has 1 fully saturated rings. The van der Waals surface area contributed by atoms with E-state index < -0.39 is 17.8 Å². The lowest BCUT2D eigenvalue weighted by Crippen LogP contribution is -2.44. The number of esters is 1. The van der Waals surface area contributed by atoms with Crippen LogP contribution in [0.1, 0.15) is 44.5 Å². The monoisotopic (exact) mass is 405 g/mol. The molecule has 0 saturated heterocycles. The molecular weight excluding hydrogens is 378 g/mol. The summed E-state index contributed by atoms with van der Waals surface area (Å²) in [4.78, 5) is 35.2. The zero-order valence-corrected chi connectivity index (χ0v) is 17.4. The van der Waals surface area contributed by atoms with Gasteiger partial charge in [0.05, 0.1) is 42.9 Å². The van der Waals surface area contributed by atoms with Crippen molar-refractivity contribution in [2.75, 3.05) is 26.4 Å². The predicted molar refractivity (Wildman–Crippen MR) is 107 cm³/mol. The van der Waals surface area contributed by atoms with Gasteiger partial charge in [0.2, 0.25) is 0 Å². The van der Waals surface area contributed by atoms with E-state index in [4.69, 9.17) is 20.2 Å². The summed E-state index contributed by atoms with van der Waals surface area (Å²) in [6, 6.07) is 0. The first-order valence-electron chi connectivity index (χ1n) is 9.55. The van der Waals surface area contributed by atoms with E-state index in [2.05, 4.69) is 18.8 Å². The molecular formula is C20H27N3O4S. The van der Waals surface area contributed by atoms with Crippen molar-refractivity contribution in [2.24, 2.45) is 22.1 Å². The molecule has 0 spiro atoms. The molecule has 1 aliphatic carbocycles. The number of rotatable bonds is 7. The van der Waals surface area contributed by atoms with E-state index in [9.17, 15) is 9.59 Å². The molecule has 0 aromatic carbocycles. The molecule has 2 heterocycles. The summed E-state index contributed by atoms with van der Waals surface area (Å²) in [6.07, 6.45) is 2.84. The van der Waals surface area contributed by atoms with E-state index in [0.29, 0.717) is 37.3 Å². The topological polar surface area (TPSA) is 104 Å². The van der Waals surface area contributed by atoms with Gasteiger partial charge in [0, 0.05) is 30.3 Å². The Morgan fingerprint density at radius 2 is 2.14 bits per heavy atom. The number of aromatic nitrogens is 1. The lowest BCUT2D eigenvalue weighted by atomic mass is 9.65. The van der Waals surface area contributed by atoms with Crippen LogP contribution in [0.25, 0.3) is 0 Å². The van der Waals surface area contributed by atoms with Gasteiger partial charge >= 0.3 is 5.97 Å². The Morgan fingerprint density at radius 3 is 2.79 bits per heavy atom. The largest absolute Gasteiger partial charge is 0.463 e. The van der Waals surface area contributed by atoms with Crippen molar-refractivity contribution >= 4 is 28.8 Å². The second-order valence-electron chi connectivity index (χ2n) is 7.84. The van der Waals surface area contributed by atoms with Gasteiger partial charge in [-0.25, -0.2) is 9.78 Å². The van der Waals surface area contributed by atoms with Gasteiger partial charge < -0.3 is 15.2 Å². The first-order chi connectivity index (χ1) is 13.4. The molecule has 2 N–H and O–H groups in total. The Bertz CT molecular complexity index is 798. The van der Waals surface area contributed by atoms with Crippen molar-refractivity contribution in [3.05, 3.63) is 27.9 Å². The van der Waals surface area contributed by atoms with E-state index in [1.807, 2.05) is 5.38 Å². The number of nitrogens with two attached hydrogens (primary N) is 1. The average Bonchev–Trinajstić information content (AvgIpc) is 3.14. The number of ether oxygens (including phenoxy) is 2. The Morgan fingerprint density at radius 1 is 1.36 bits per heavy atom. The van der Waals surface area contributed by atoms with Crippen LogP contribution in [0.2, 0.25) is 0 Å². The normalized spacial score (nSPS) is 24.0. The van der Waals surface area contributed by atoms with Crippen LogP contribution in [0.15, 0.2) is 27.8 Å². The zero-order valence-electron chi connectivity index (χ0n) is 16.6. The van der Waals surface area contributed by atoms with Crippen molar-refractivity contribution in [2.45, 2.75) is 39.5 Å². The van der Waals surface area contributed by atoms with Gasteiger partial charge in [0.1, 0.15) is 10.8 Å². The molecule has 2 aliphatic rings. The molecule has 8 heteroatoms. The van der Waals surface area contributed by atoms with Gasteiger partial charge in [-0.05, 0) is 18.8 Å². The first kappa shape index (κ1) is 20.8. The van der Waals surface area contributed by atoms with Crippen molar-refractivity contribution in [1.29, 1.82) is 0 Å². The summed E-state index contributed by atoms with van der Waals surface area (Å²) in [7, 11) is 0. The number of aliphatic imine (C=N–C) groups is 1. The van der Waals surface area contributed by atoms with Crippen LogP contribution >= 0.6 is 11.3 Å². The van der Waals surface area contributed by atoms with Crippen LogP contribution in [0.5, 0.6) is 0 Å². The van der Waals surface area contributed by atoms with Gasteiger partial charge in [-0.3, -0.25) is 9.79 Å². The first-order valence-corrected chi connectivity index (χ1v) is 10.4. The van der Waals surface area contributed by atoms with E-state index in [0.717, 1.165) is 10.7 Å². The number of Topliss-reactive ketones (excluding diaryl/α,β-unsaturated/α-hetero) is 1. The third kappa shape index (κ3) is 4.24. The zero-order chi connectivity index (χ0) is 20.3. The van der Waals surface area contributed by atoms with Crippen LogP contribution in [0.3, 0.4) is 0 Å². The van der Waals surface area contributed by atoms with E-state index in [1.165, 1.54) is 11.3 Å². The van der Waals surface area contributed by atoms with Crippen LogP contribution in [-0.4, -0.2) is 48.8 Å². The fourth-order valence-electron chi connectivity index (χ4n) is 3.97. The molecule has 0 radical (unpaired) electrons. The third-order valence-electron chi connectivity index (χ3n) is 4.97. The molecule has 1 aromatic heterocycles. The summed E-state index contributed by atoms with van der Waals surface area (Å²) in [5.74, 6) is -1.32. The minimum atomic E-state index is -0.480. The summed E-state index contributed by atoms with van der Waals surface area (Å²) in [6.45, 7) is 7.02. The van der Waals surface area contributed by atoms with Crippen molar-refractivity contribution in [3.8, 4) is 0 Å². The average molecular weight is 406 g/mol. The molecule has 1 saturated carbocycles. The number of fused-ring (bicyclic) bond motifs is 1. The molecule has 152 valence electrons. The highest BCUT2D eigenvalue weighted by molar-refractivity contribution is 7.09. The van der Waals surface area contributed by atoms with Gasteiger partial charge in [-0.1, -0.05) is 13.8 Å². The summed E-state index contributed by atoms with van der Waals surface area (Å²) >= 11 is 1.44. The quantitative estimate of drug-likeness (QED) is 0.552. The maximum atomic E-state index is 13.1. The summed E-state index contributed by atoms with van der Waals surface area (Å²) < 4.78 is 10.9. The molecule has 3 rings (SSSR count). The lowest BCUT2D eigenvalue weighted by Gasteiger charge is -2.40. The van der Waals surface area contributed by atoms with Crippen LogP contribution in [-0.2, 0) is 19.1 Å². The van der Waals surface area contributed by atoms with E-state index in [-0.39, 0.29) is 24.4 Å². The predicted octanol–water partition coefficient (Wildman–Crippen LogP) is 2.48. The molecule has 1 aromatic rings. The fraction of sp³-hybridized carbons (Fsp3) is 0.600. The van der Waals surface area contributed by atoms with Crippen molar-refractivity contribution < 1.29 is 19.1 Å². The SMILES string of the molecule is CCOC(=O)C1=C(COCCN)N=C2CC(C)(C)CC(=O)C2C1c1nccs1. The van der Waals surface area contributed by atoms with Crippen LogP contribution in [0.4, 0.5) is 0 Å². The highest BCUT2D eigenvalue weighted by Gasteiger charge is 2.49. The minimum absolute atomic E-state index is 0.0962. The standard InChI is InChI=1S/C20H27N3O4S/c1-4-27-19(25)16-13(11-26-7-5-21)23-12-9-20(2,3)10-14(24)15(12)17(16)18-22-6-8-28-18/h6,8,15,17H,4-5,7,9-11,21H2,1-3H3. The number of nitrogens with zero attached hydrogens (tertiary/aromatic N) is 2. The van der Waals surface area contributed by atoms with Crippen LogP contribution in [0, 0.1) is 11.3 Å². The van der Waals surface area contributed by atoms with Crippen molar-refractivity contribution in [1.82, 2.24) is 4.98 Å². The van der Waals surface area contributed by atoms with E-state index in [1.54, 1.807) is 13.1 Å².